The molecule has 0 atom stereocenters. The molecule has 0 fully saturated rings. The number of aromatic nitrogens is 3. The van der Waals surface area contributed by atoms with Crippen LogP contribution in [0.1, 0.15) is 0 Å². The summed E-state index contributed by atoms with van der Waals surface area (Å²) in [4.78, 5) is 0. The van der Waals surface area contributed by atoms with E-state index >= 15 is 0 Å². The first-order valence-corrected chi connectivity index (χ1v) is 2.64. The Kier molecular flexibility index (Phi) is 0.970. The second kappa shape index (κ2) is 1.90. The van der Waals surface area contributed by atoms with Gasteiger partial charge in [-0.1, -0.05) is 5.21 Å². The Morgan fingerprint density at radius 1 is 1.40 bits per heavy atom. The molecule has 1 radical (unpaired) electrons. The van der Waals surface area contributed by atoms with Gasteiger partial charge in [0.25, 0.3) is 5.96 Å². The molecule has 0 saturated heterocycles. The smallest absolute Gasteiger partial charge is 0.196 e. The van der Waals surface area contributed by atoms with Crippen LogP contribution < -0.4 is 5.32 Å². The minimum atomic E-state index is 0.442. The molecule has 1 aliphatic rings. The van der Waals surface area contributed by atoms with E-state index in [4.69, 9.17) is 0 Å². The third-order valence-corrected chi connectivity index (χ3v) is 0.999. The maximum absolute atomic E-state index is 3.80. The topological polar surface area (TPSA) is 69.5 Å². The summed E-state index contributed by atoms with van der Waals surface area (Å²) >= 11 is 0. The van der Waals surface area contributed by atoms with E-state index in [1.165, 1.54) is 11.0 Å². The van der Waals surface area contributed by atoms with Crippen molar-refractivity contribution in [2.75, 3.05) is 0 Å². The normalized spacial score (nSPS) is 15.0. The first-order chi connectivity index (χ1) is 4.97. The Morgan fingerprint density at radius 2 is 2.40 bits per heavy atom. The predicted octanol–water partition coefficient (Wildman–Crippen LogP) is -0.956. The van der Waals surface area contributed by atoms with E-state index in [0.29, 0.717) is 5.96 Å². The summed E-state index contributed by atoms with van der Waals surface area (Å²) in [6, 6.07) is 0. The fraction of sp³-hybridized carbons (Fsp3) is 0. The zero-order chi connectivity index (χ0) is 6.81. The molecule has 6 nitrogen and oxygen atoms in total. The lowest BCUT2D eigenvalue weighted by Gasteiger charge is -1.91. The van der Waals surface area contributed by atoms with Gasteiger partial charge >= 0.3 is 0 Å². The second-order valence-electron chi connectivity index (χ2n) is 1.61. The van der Waals surface area contributed by atoms with Gasteiger partial charge in [0, 0.05) is 0 Å². The van der Waals surface area contributed by atoms with Gasteiger partial charge in [0.2, 0.25) is 0 Å². The van der Waals surface area contributed by atoms with Crippen LogP contribution in [0, 0.1) is 0 Å². The summed E-state index contributed by atoms with van der Waals surface area (Å²) in [5.41, 5.74) is 0. The van der Waals surface area contributed by atoms with Crippen LogP contribution in [-0.2, 0) is 0 Å². The zero-order valence-corrected chi connectivity index (χ0v) is 4.92. The van der Waals surface area contributed by atoms with Crippen molar-refractivity contribution in [2.45, 2.75) is 0 Å². The Balaban J connectivity index is 2.30. The first kappa shape index (κ1) is 5.10. The minimum absolute atomic E-state index is 0.442. The molecule has 0 unspecified atom stereocenters. The number of hydrogen-bond donors (Lipinski definition) is 0. The molecule has 2 heterocycles. The van der Waals surface area contributed by atoms with Crippen molar-refractivity contribution in [3.05, 3.63) is 12.4 Å². The van der Waals surface area contributed by atoms with Crippen molar-refractivity contribution in [1.82, 2.24) is 20.3 Å². The van der Waals surface area contributed by atoms with Gasteiger partial charge in [-0.15, -0.1) is 15.3 Å². The molecule has 0 aromatic carbocycles. The van der Waals surface area contributed by atoms with Crippen LogP contribution in [0.2, 0.25) is 0 Å². The van der Waals surface area contributed by atoms with Crippen molar-refractivity contribution >= 4 is 12.3 Å². The maximum Gasteiger partial charge on any atom is 0.273 e. The van der Waals surface area contributed by atoms with Crippen molar-refractivity contribution in [1.29, 1.82) is 0 Å². The molecule has 49 valence electrons. The largest absolute Gasteiger partial charge is 0.273 e. The first-order valence-electron chi connectivity index (χ1n) is 2.64. The van der Waals surface area contributed by atoms with Gasteiger partial charge in [-0.25, -0.2) is 0 Å². The van der Waals surface area contributed by atoms with Crippen LogP contribution in [0.5, 0.6) is 0 Å². The van der Waals surface area contributed by atoms with E-state index in [-0.39, 0.29) is 0 Å². The van der Waals surface area contributed by atoms with Crippen molar-refractivity contribution in [3.63, 3.8) is 0 Å². The number of nitrogens with zero attached hydrogens (tertiary/aromatic N) is 6. The van der Waals surface area contributed by atoms with Gasteiger partial charge in [-0.2, -0.15) is 10.00 Å². The van der Waals surface area contributed by atoms with Crippen LogP contribution in [0.25, 0.3) is 0 Å². The van der Waals surface area contributed by atoms with Gasteiger partial charge < -0.3 is 0 Å². The second-order valence-corrected chi connectivity index (χ2v) is 1.61. The molecular weight excluding hydrogens is 132 g/mol. The Bertz CT molecular complexity index is 270. The average molecular weight is 135 g/mol. The minimum Gasteiger partial charge on any atom is -0.196 e. The average Bonchev–Trinajstić information content (AvgIpc) is 2.59. The van der Waals surface area contributed by atoms with Gasteiger partial charge in [-0.05, 0) is 0 Å². The maximum atomic E-state index is 3.80. The number of rotatable bonds is 0. The molecule has 1 aromatic heterocycles. The van der Waals surface area contributed by atoms with Crippen LogP contribution in [0.15, 0.2) is 22.6 Å². The Labute approximate surface area is 56.3 Å². The fourth-order valence-corrected chi connectivity index (χ4v) is 0.601. The summed E-state index contributed by atoms with van der Waals surface area (Å²) < 4.78 is 1.44. The Morgan fingerprint density at radius 3 is 3.00 bits per heavy atom. The van der Waals surface area contributed by atoms with E-state index < -0.39 is 0 Å². The van der Waals surface area contributed by atoms with Gasteiger partial charge in [-0.3, -0.25) is 0 Å². The quantitative estimate of drug-likeness (QED) is 0.460. The summed E-state index contributed by atoms with van der Waals surface area (Å²) in [5, 5.41) is 18.2. The highest BCUT2D eigenvalue weighted by atomic mass is 15.5. The summed E-state index contributed by atoms with van der Waals surface area (Å²) in [6.07, 6.45) is 4.56. The van der Waals surface area contributed by atoms with Crippen LogP contribution in [0.3, 0.4) is 0 Å². The number of hydrogen-bond acceptors (Lipinski definition) is 4. The molecule has 0 amide bonds. The molecule has 0 saturated carbocycles. The molecule has 2 rings (SSSR count). The van der Waals surface area contributed by atoms with E-state index in [1.807, 2.05) is 0 Å². The van der Waals surface area contributed by atoms with Crippen molar-refractivity contribution in [2.24, 2.45) is 10.2 Å². The van der Waals surface area contributed by atoms with Gasteiger partial charge in [0.05, 0.1) is 12.4 Å². The van der Waals surface area contributed by atoms with Crippen LogP contribution >= 0.6 is 0 Å². The van der Waals surface area contributed by atoms with E-state index in [9.17, 15) is 0 Å². The molecule has 0 N–H and O–H groups in total. The molecule has 1 aliphatic heterocycles. The molecular formula is C4H3N6. The standard InChI is InChI=1S/C4H3N6/c1-2-10(9-6-1)4-5-3-7-8-4/h1-3H. The monoisotopic (exact) mass is 135 g/mol. The molecule has 10 heavy (non-hydrogen) atoms. The predicted molar refractivity (Wildman–Crippen MR) is 33.5 cm³/mol. The van der Waals surface area contributed by atoms with Crippen molar-refractivity contribution in [3.8, 4) is 0 Å². The molecule has 0 aliphatic carbocycles. The highest BCUT2D eigenvalue weighted by Gasteiger charge is 2.05. The molecule has 1 aromatic rings. The van der Waals surface area contributed by atoms with E-state index in [1.54, 1.807) is 12.4 Å². The third kappa shape index (κ3) is 0.661. The lowest BCUT2D eigenvalue weighted by Crippen LogP contribution is -2.20. The molecule has 6 heteroatoms. The van der Waals surface area contributed by atoms with Crippen LogP contribution in [-0.4, -0.2) is 27.3 Å². The van der Waals surface area contributed by atoms with E-state index in [2.05, 4.69) is 25.8 Å². The van der Waals surface area contributed by atoms with E-state index in [0.717, 1.165) is 0 Å². The van der Waals surface area contributed by atoms with Gasteiger partial charge in [0.15, 0.2) is 0 Å². The van der Waals surface area contributed by atoms with Crippen molar-refractivity contribution < 1.29 is 0 Å². The highest BCUT2D eigenvalue weighted by Crippen LogP contribution is 1.87. The molecule has 0 spiro atoms. The van der Waals surface area contributed by atoms with Crippen LogP contribution in [0.4, 0.5) is 0 Å². The lowest BCUT2D eigenvalue weighted by atomic mass is 10.8. The highest BCUT2D eigenvalue weighted by molar-refractivity contribution is 5.93. The van der Waals surface area contributed by atoms with Gasteiger partial charge in [0.1, 0.15) is 6.34 Å². The summed E-state index contributed by atoms with van der Waals surface area (Å²) in [5.74, 6) is 0.442. The zero-order valence-electron chi connectivity index (χ0n) is 4.92. The lowest BCUT2D eigenvalue weighted by molar-refractivity contribution is 0.823. The fourth-order valence-electron chi connectivity index (χ4n) is 0.601. The summed E-state index contributed by atoms with van der Waals surface area (Å²) in [6.45, 7) is 0. The summed E-state index contributed by atoms with van der Waals surface area (Å²) in [7, 11) is 0. The SMILES string of the molecule is C1=NN=C(n2ccnn2)[N]1. The third-order valence-electron chi connectivity index (χ3n) is 0.999. The Hall–Kier alpha value is -1.72. The molecule has 0 bridgehead atoms.